The third-order valence-corrected chi connectivity index (χ3v) is 5.37. The van der Waals surface area contributed by atoms with Gasteiger partial charge in [0.25, 0.3) is 0 Å². The average Bonchev–Trinajstić information content (AvgIpc) is 2.61. The van der Waals surface area contributed by atoms with Crippen molar-refractivity contribution >= 4 is 0 Å². The van der Waals surface area contributed by atoms with Gasteiger partial charge in [0.1, 0.15) is 17.2 Å². The molecule has 1 saturated heterocycles. The molecule has 3 rings (SSSR count). The van der Waals surface area contributed by atoms with Crippen LogP contribution in [0.1, 0.15) is 42.7 Å². The third kappa shape index (κ3) is 4.78. The van der Waals surface area contributed by atoms with Gasteiger partial charge in [-0.05, 0) is 49.3 Å². The predicted molar refractivity (Wildman–Crippen MR) is 87.1 cm³/mol. The van der Waals surface area contributed by atoms with Crippen LogP contribution in [0.15, 0.2) is 12.1 Å². The van der Waals surface area contributed by atoms with Gasteiger partial charge in [-0.2, -0.15) is 13.2 Å². The number of hydrogen-bond acceptors (Lipinski definition) is 3. The highest BCUT2D eigenvalue weighted by Gasteiger charge is 2.39. The van der Waals surface area contributed by atoms with Gasteiger partial charge >= 0.3 is 6.18 Å². The summed E-state index contributed by atoms with van der Waals surface area (Å²) < 4.78 is 82.4. The Labute approximate surface area is 154 Å². The quantitative estimate of drug-likeness (QED) is 0.681. The van der Waals surface area contributed by atoms with Crippen molar-refractivity contribution in [2.75, 3.05) is 26.9 Å². The van der Waals surface area contributed by atoms with Crippen molar-refractivity contribution in [1.82, 2.24) is 0 Å². The van der Waals surface area contributed by atoms with Gasteiger partial charge in [0.15, 0.2) is 6.29 Å². The first kappa shape index (κ1) is 20.5. The van der Waals surface area contributed by atoms with Crippen molar-refractivity contribution < 1.29 is 36.2 Å². The van der Waals surface area contributed by atoms with E-state index in [2.05, 4.69) is 0 Å². The summed E-state index contributed by atoms with van der Waals surface area (Å²) in [5.41, 5.74) is -1.54. The minimum Gasteiger partial charge on any atom is -0.384 e. The highest BCUT2D eigenvalue weighted by molar-refractivity contribution is 5.30. The molecule has 27 heavy (non-hydrogen) atoms. The molecule has 0 unspecified atom stereocenters. The van der Waals surface area contributed by atoms with E-state index < -0.39 is 23.4 Å². The zero-order valence-corrected chi connectivity index (χ0v) is 15.0. The van der Waals surface area contributed by atoms with Crippen molar-refractivity contribution in [3.8, 4) is 0 Å². The van der Waals surface area contributed by atoms with Gasteiger partial charge in [0, 0.05) is 18.9 Å². The lowest BCUT2D eigenvalue weighted by atomic mass is 9.78. The SMILES string of the molecule is COCC1COC(C2CCC(c3cc(F)c(C(F)(F)F)c(F)c3)CC2)OC1. The van der Waals surface area contributed by atoms with Crippen LogP contribution < -0.4 is 0 Å². The fraction of sp³-hybridized carbons (Fsp3) is 0.684. The van der Waals surface area contributed by atoms with Crippen molar-refractivity contribution in [3.63, 3.8) is 0 Å². The Hall–Kier alpha value is -1.25. The molecule has 1 aliphatic heterocycles. The molecule has 0 aromatic heterocycles. The number of hydrogen-bond donors (Lipinski definition) is 0. The van der Waals surface area contributed by atoms with Crippen LogP contribution in [0.3, 0.4) is 0 Å². The molecule has 0 bridgehead atoms. The summed E-state index contributed by atoms with van der Waals surface area (Å²) in [6.45, 7) is 1.70. The normalized spacial score (nSPS) is 29.7. The second-order valence-electron chi connectivity index (χ2n) is 7.33. The lowest BCUT2D eigenvalue weighted by molar-refractivity contribution is -0.233. The molecule has 2 aliphatic rings. The minimum absolute atomic E-state index is 0.169. The van der Waals surface area contributed by atoms with E-state index >= 15 is 0 Å². The summed E-state index contributed by atoms with van der Waals surface area (Å²) in [5.74, 6) is -2.89. The van der Waals surface area contributed by atoms with Gasteiger partial charge < -0.3 is 14.2 Å². The van der Waals surface area contributed by atoms with Gasteiger partial charge in [-0.1, -0.05) is 0 Å². The van der Waals surface area contributed by atoms with Crippen LogP contribution in [0.5, 0.6) is 0 Å². The molecule has 0 atom stereocenters. The molecule has 2 fully saturated rings. The second kappa shape index (κ2) is 8.41. The van der Waals surface area contributed by atoms with E-state index in [1.807, 2.05) is 0 Å². The number of benzene rings is 1. The van der Waals surface area contributed by atoms with E-state index in [4.69, 9.17) is 14.2 Å². The molecule has 1 aromatic rings. The summed E-state index contributed by atoms with van der Waals surface area (Å²) in [6.07, 6.45) is -2.64. The number of halogens is 5. The summed E-state index contributed by atoms with van der Waals surface area (Å²) in [4.78, 5) is 0. The van der Waals surface area contributed by atoms with Gasteiger partial charge in [0.05, 0.1) is 19.8 Å². The summed E-state index contributed by atoms with van der Waals surface area (Å²) in [5, 5.41) is 0. The molecule has 1 saturated carbocycles. The highest BCUT2D eigenvalue weighted by atomic mass is 19.4. The van der Waals surface area contributed by atoms with Crippen LogP contribution >= 0.6 is 0 Å². The Morgan fingerprint density at radius 3 is 2.04 bits per heavy atom. The van der Waals surface area contributed by atoms with Crippen molar-refractivity contribution in [1.29, 1.82) is 0 Å². The number of alkyl halides is 3. The minimum atomic E-state index is -5.04. The molecule has 1 heterocycles. The lowest BCUT2D eigenvalue weighted by Crippen LogP contribution is -2.39. The molecule has 8 heteroatoms. The van der Waals surface area contributed by atoms with Crippen LogP contribution in [0, 0.1) is 23.5 Å². The Morgan fingerprint density at radius 2 is 1.56 bits per heavy atom. The van der Waals surface area contributed by atoms with Crippen molar-refractivity contribution in [3.05, 3.63) is 34.9 Å². The number of methoxy groups -OCH3 is 1. The van der Waals surface area contributed by atoms with E-state index in [1.54, 1.807) is 7.11 Å². The van der Waals surface area contributed by atoms with Crippen LogP contribution in [0.4, 0.5) is 22.0 Å². The molecule has 0 spiro atoms. The summed E-state index contributed by atoms with van der Waals surface area (Å²) >= 11 is 0. The van der Waals surface area contributed by atoms with Crippen LogP contribution in [-0.2, 0) is 20.4 Å². The maximum Gasteiger partial charge on any atom is 0.422 e. The second-order valence-corrected chi connectivity index (χ2v) is 7.33. The fourth-order valence-electron chi connectivity index (χ4n) is 3.99. The average molecular weight is 394 g/mol. The Kier molecular flexibility index (Phi) is 6.38. The highest BCUT2D eigenvalue weighted by Crippen LogP contribution is 2.41. The molecular weight excluding hydrogens is 371 g/mol. The van der Waals surface area contributed by atoms with E-state index in [9.17, 15) is 22.0 Å². The molecular formula is C19H23F5O3. The fourth-order valence-corrected chi connectivity index (χ4v) is 3.99. The molecule has 152 valence electrons. The molecule has 3 nitrogen and oxygen atoms in total. The first-order chi connectivity index (χ1) is 12.8. The molecule has 0 amide bonds. The maximum atomic E-state index is 13.8. The third-order valence-electron chi connectivity index (χ3n) is 5.37. The standard InChI is InChI=1S/C19H23F5O3/c1-25-8-11-9-26-18(27-10-11)13-4-2-12(3-5-13)14-6-15(20)17(16(21)7-14)19(22,23)24/h6-7,11-13,18H,2-5,8-10H2,1H3. The van der Waals surface area contributed by atoms with Crippen LogP contribution in [0.25, 0.3) is 0 Å². The first-order valence-electron chi connectivity index (χ1n) is 9.08. The smallest absolute Gasteiger partial charge is 0.384 e. The molecule has 0 N–H and O–H groups in total. The van der Waals surface area contributed by atoms with Gasteiger partial charge in [-0.3, -0.25) is 0 Å². The largest absolute Gasteiger partial charge is 0.422 e. The Balaban J connectivity index is 1.58. The van der Waals surface area contributed by atoms with Gasteiger partial charge in [-0.15, -0.1) is 0 Å². The molecule has 1 aliphatic carbocycles. The first-order valence-corrected chi connectivity index (χ1v) is 9.08. The molecule has 1 aromatic carbocycles. The van der Waals surface area contributed by atoms with Crippen molar-refractivity contribution in [2.24, 2.45) is 11.8 Å². The van der Waals surface area contributed by atoms with Crippen molar-refractivity contribution in [2.45, 2.75) is 44.1 Å². The van der Waals surface area contributed by atoms with E-state index in [0.717, 1.165) is 25.0 Å². The number of ether oxygens (including phenoxy) is 3. The predicted octanol–water partition coefficient (Wildman–Crippen LogP) is 4.89. The Bertz CT molecular complexity index is 610. The van der Waals surface area contributed by atoms with Gasteiger partial charge in [-0.25, -0.2) is 8.78 Å². The van der Waals surface area contributed by atoms with E-state index in [1.165, 1.54) is 0 Å². The summed E-state index contributed by atoms with van der Waals surface area (Å²) in [6, 6.07) is 1.64. The van der Waals surface area contributed by atoms with E-state index in [-0.39, 0.29) is 29.6 Å². The lowest BCUT2D eigenvalue weighted by Gasteiger charge is -2.37. The molecule has 0 radical (unpaired) electrons. The maximum absolute atomic E-state index is 13.8. The van der Waals surface area contributed by atoms with Crippen LogP contribution in [0.2, 0.25) is 0 Å². The summed E-state index contributed by atoms with van der Waals surface area (Å²) in [7, 11) is 1.63. The zero-order valence-electron chi connectivity index (χ0n) is 15.0. The Morgan fingerprint density at radius 1 is 1.00 bits per heavy atom. The van der Waals surface area contributed by atoms with Crippen LogP contribution in [-0.4, -0.2) is 33.2 Å². The van der Waals surface area contributed by atoms with Gasteiger partial charge in [0.2, 0.25) is 0 Å². The topological polar surface area (TPSA) is 27.7 Å². The monoisotopic (exact) mass is 394 g/mol. The van der Waals surface area contributed by atoms with E-state index in [0.29, 0.717) is 32.7 Å². The zero-order chi connectivity index (χ0) is 19.6. The number of rotatable bonds is 4.